The number of thiazole rings is 1. The average molecular weight is 312 g/mol. The molecule has 0 atom stereocenters. The van der Waals surface area contributed by atoms with Crippen LogP contribution in [0.3, 0.4) is 0 Å². The Morgan fingerprint density at radius 1 is 1.50 bits per heavy atom. The molecule has 2 aromatic rings. The third-order valence-corrected chi connectivity index (χ3v) is 3.68. The summed E-state index contributed by atoms with van der Waals surface area (Å²) in [5, 5.41) is 5.04. The second kappa shape index (κ2) is 7.25. The molecule has 106 valence electrons. The fourth-order valence-corrected chi connectivity index (χ4v) is 2.71. The summed E-state index contributed by atoms with van der Waals surface area (Å²) < 4.78 is 18.4. The van der Waals surface area contributed by atoms with Gasteiger partial charge in [-0.2, -0.15) is 11.8 Å². The number of carbonyl (C=O) groups excluding carboxylic acids is 1. The van der Waals surface area contributed by atoms with E-state index in [2.05, 4.69) is 10.3 Å². The van der Waals surface area contributed by atoms with E-state index in [-0.39, 0.29) is 18.3 Å². The molecule has 20 heavy (non-hydrogen) atoms. The first-order valence-corrected chi connectivity index (χ1v) is 8.07. The standard InChI is InChI=1S/C13H13FN2O2S2/c1-19-7-9-8-20-13(15-9)16-12(17)6-18-11-5-3-2-4-10(11)14/h2-5,8H,6-7H2,1H3,(H,15,16,17). The molecule has 1 heterocycles. The summed E-state index contributed by atoms with van der Waals surface area (Å²) in [6.07, 6.45) is 1.99. The van der Waals surface area contributed by atoms with Gasteiger partial charge < -0.3 is 4.74 Å². The number of amides is 1. The molecule has 0 bridgehead atoms. The third kappa shape index (κ3) is 4.21. The summed E-state index contributed by atoms with van der Waals surface area (Å²) >= 11 is 3.02. The van der Waals surface area contributed by atoms with Crippen LogP contribution in [0.2, 0.25) is 0 Å². The summed E-state index contributed by atoms with van der Waals surface area (Å²) in [6, 6.07) is 5.96. The largest absolute Gasteiger partial charge is 0.481 e. The van der Waals surface area contributed by atoms with Gasteiger partial charge in [-0.1, -0.05) is 12.1 Å². The van der Waals surface area contributed by atoms with Crippen molar-refractivity contribution in [2.45, 2.75) is 5.75 Å². The molecule has 0 aliphatic carbocycles. The highest BCUT2D eigenvalue weighted by Gasteiger charge is 2.09. The fraction of sp³-hybridized carbons (Fsp3) is 0.231. The number of thioether (sulfide) groups is 1. The number of nitrogens with one attached hydrogen (secondary N) is 1. The summed E-state index contributed by atoms with van der Waals surface area (Å²) in [5.74, 6) is 0.0120. The molecule has 0 saturated carbocycles. The fourth-order valence-electron chi connectivity index (χ4n) is 1.44. The monoisotopic (exact) mass is 312 g/mol. The number of benzene rings is 1. The van der Waals surface area contributed by atoms with E-state index in [1.54, 1.807) is 23.9 Å². The smallest absolute Gasteiger partial charge is 0.264 e. The van der Waals surface area contributed by atoms with Crippen LogP contribution in [0, 0.1) is 5.82 Å². The summed E-state index contributed by atoms with van der Waals surface area (Å²) in [6.45, 7) is -0.252. The molecule has 1 aromatic carbocycles. The number of halogens is 1. The van der Waals surface area contributed by atoms with Crippen molar-refractivity contribution < 1.29 is 13.9 Å². The predicted molar refractivity (Wildman–Crippen MR) is 79.9 cm³/mol. The van der Waals surface area contributed by atoms with Gasteiger partial charge in [0.2, 0.25) is 0 Å². The number of para-hydroxylation sites is 1. The van der Waals surface area contributed by atoms with Gasteiger partial charge in [0.05, 0.1) is 5.69 Å². The summed E-state index contributed by atoms with van der Waals surface area (Å²) in [5.41, 5.74) is 0.924. The molecule has 2 rings (SSSR count). The topological polar surface area (TPSA) is 51.2 Å². The van der Waals surface area contributed by atoms with E-state index < -0.39 is 5.82 Å². The Morgan fingerprint density at radius 3 is 3.05 bits per heavy atom. The van der Waals surface area contributed by atoms with Gasteiger partial charge in [-0.05, 0) is 18.4 Å². The Morgan fingerprint density at radius 2 is 2.30 bits per heavy atom. The van der Waals surface area contributed by atoms with Gasteiger partial charge in [-0.25, -0.2) is 9.37 Å². The van der Waals surface area contributed by atoms with Crippen molar-refractivity contribution in [3.63, 3.8) is 0 Å². The lowest BCUT2D eigenvalue weighted by atomic mass is 10.3. The number of nitrogens with zero attached hydrogens (tertiary/aromatic N) is 1. The van der Waals surface area contributed by atoms with Gasteiger partial charge in [0.1, 0.15) is 0 Å². The van der Waals surface area contributed by atoms with Crippen molar-refractivity contribution in [3.05, 3.63) is 41.2 Å². The Bertz CT molecular complexity index is 589. The van der Waals surface area contributed by atoms with Crippen molar-refractivity contribution >= 4 is 34.1 Å². The van der Waals surface area contributed by atoms with Crippen molar-refractivity contribution in [3.8, 4) is 5.75 Å². The first-order chi connectivity index (χ1) is 9.69. The normalized spacial score (nSPS) is 10.3. The lowest BCUT2D eigenvalue weighted by Gasteiger charge is -2.06. The van der Waals surface area contributed by atoms with Crippen LogP contribution in [-0.2, 0) is 10.5 Å². The Hall–Kier alpha value is -1.60. The van der Waals surface area contributed by atoms with Crippen LogP contribution >= 0.6 is 23.1 Å². The van der Waals surface area contributed by atoms with Gasteiger partial charge in [0.25, 0.3) is 5.91 Å². The van der Waals surface area contributed by atoms with Crippen LogP contribution in [0.15, 0.2) is 29.6 Å². The van der Waals surface area contributed by atoms with Crippen molar-refractivity contribution in [1.82, 2.24) is 4.98 Å². The molecule has 0 radical (unpaired) electrons. The van der Waals surface area contributed by atoms with Gasteiger partial charge in [-0.15, -0.1) is 11.3 Å². The minimum absolute atomic E-state index is 0.0601. The first-order valence-electron chi connectivity index (χ1n) is 5.79. The molecule has 1 amide bonds. The number of hydrogen-bond donors (Lipinski definition) is 1. The molecule has 0 fully saturated rings. The minimum atomic E-state index is -0.489. The van der Waals surface area contributed by atoms with Crippen LogP contribution in [-0.4, -0.2) is 23.8 Å². The summed E-state index contributed by atoms with van der Waals surface area (Å²) in [4.78, 5) is 15.9. The van der Waals surface area contributed by atoms with Gasteiger partial charge in [0, 0.05) is 11.1 Å². The highest BCUT2D eigenvalue weighted by atomic mass is 32.2. The Labute approximate surface area is 124 Å². The maximum absolute atomic E-state index is 13.3. The second-order valence-corrected chi connectivity index (χ2v) is 5.57. The van der Waals surface area contributed by atoms with E-state index in [0.29, 0.717) is 5.13 Å². The maximum Gasteiger partial charge on any atom is 0.264 e. The number of anilines is 1. The van der Waals surface area contributed by atoms with Crippen LogP contribution in [0.1, 0.15) is 5.69 Å². The van der Waals surface area contributed by atoms with Crippen LogP contribution in [0.4, 0.5) is 9.52 Å². The Kier molecular flexibility index (Phi) is 5.37. The quantitative estimate of drug-likeness (QED) is 0.890. The molecule has 0 unspecified atom stereocenters. The van der Waals surface area contributed by atoms with Gasteiger partial charge >= 0.3 is 0 Å². The SMILES string of the molecule is CSCc1csc(NC(=O)COc2ccccc2F)n1. The second-order valence-electron chi connectivity index (χ2n) is 3.84. The van der Waals surface area contributed by atoms with Crippen LogP contribution < -0.4 is 10.1 Å². The van der Waals surface area contributed by atoms with Gasteiger partial charge in [0.15, 0.2) is 23.3 Å². The van der Waals surface area contributed by atoms with Crippen LogP contribution in [0.25, 0.3) is 0 Å². The predicted octanol–water partition coefficient (Wildman–Crippen LogP) is 3.16. The van der Waals surface area contributed by atoms with Crippen molar-refractivity contribution in [1.29, 1.82) is 0 Å². The van der Waals surface area contributed by atoms with Crippen molar-refractivity contribution in [2.75, 3.05) is 18.2 Å². The molecule has 0 aliphatic rings. The number of aromatic nitrogens is 1. The summed E-state index contributed by atoms with van der Waals surface area (Å²) in [7, 11) is 0. The highest BCUT2D eigenvalue weighted by Crippen LogP contribution is 2.19. The lowest BCUT2D eigenvalue weighted by Crippen LogP contribution is -2.20. The average Bonchev–Trinajstić information content (AvgIpc) is 2.85. The number of rotatable bonds is 6. The third-order valence-electron chi connectivity index (χ3n) is 2.29. The molecule has 0 aliphatic heterocycles. The molecular formula is C13H13FN2O2S2. The molecule has 1 N–H and O–H groups in total. The first kappa shape index (κ1) is 14.8. The van der Waals surface area contributed by atoms with E-state index in [4.69, 9.17) is 4.74 Å². The minimum Gasteiger partial charge on any atom is -0.481 e. The number of ether oxygens (including phenoxy) is 1. The van der Waals surface area contributed by atoms with E-state index >= 15 is 0 Å². The molecular weight excluding hydrogens is 299 g/mol. The molecule has 1 aromatic heterocycles. The number of hydrogen-bond acceptors (Lipinski definition) is 5. The highest BCUT2D eigenvalue weighted by molar-refractivity contribution is 7.97. The lowest BCUT2D eigenvalue weighted by molar-refractivity contribution is -0.118. The van der Waals surface area contributed by atoms with Crippen LogP contribution in [0.5, 0.6) is 5.75 Å². The zero-order chi connectivity index (χ0) is 14.4. The zero-order valence-electron chi connectivity index (χ0n) is 10.8. The molecule has 0 spiro atoms. The van der Waals surface area contributed by atoms with Gasteiger partial charge in [-0.3, -0.25) is 10.1 Å². The maximum atomic E-state index is 13.3. The molecule has 7 heteroatoms. The van der Waals surface area contributed by atoms with Crippen molar-refractivity contribution in [2.24, 2.45) is 0 Å². The van der Waals surface area contributed by atoms with E-state index in [1.165, 1.54) is 23.5 Å². The molecule has 4 nitrogen and oxygen atoms in total. The molecule has 0 saturated heterocycles. The van der Waals surface area contributed by atoms with E-state index in [0.717, 1.165) is 11.4 Å². The Balaban J connectivity index is 1.84. The van der Waals surface area contributed by atoms with E-state index in [9.17, 15) is 9.18 Å². The number of carbonyl (C=O) groups is 1. The van der Waals surface area contributed by atoms with E-state index in [1.807, 2.05) is 11.6 Å². The zero-order valence-corrected chi connectivity index (χ0v) is 12.4.